The number of ether oxygens (including phenoxy) is 3. The van der Waals surface area contributed by atoms with Crippen LogP contribution in [0.1, 0.15) is 49.8 Å². The molecule has 2 aromatic rings. The van der Waals surface area contributed by atoms with Gasteiger partial charge in [-0.15, -0.1) is 0 Å². The summed E-state index contributed by atoms with van der Waals surface area (Å²) in [6.45, 7) is 4.11. The number of anilines is 1. The molecule has 1 aromatic carbocycles. The van der Waals surface area contributed by atoms with Crippen LogP contribution in [0.2, 0.25) is 0 Å². The van der Waals surface area contributed by atoms with Gasteiger partial charge in [0.2, 0.25) is 17.3 Å². The maximum atomic E-state index is 9.26. The summed E-state index contributed by atoms with van der Waals surface area (Å²) in [5.41, 5.74) is 3.64. The number of hydrazone groups is 1. The van der Waals surface area contributed by atoms with E-state index in [-0.39, 0.29) is 17.5 Å². The third-order valence-corrected chi connectivity index (χ3v) is 4.15. The molecule has 1 N–H and O–H groups in total. The molecule has 0 unspecified atom stereocenters. The SMILES string of the molecule is CCC(CC)c1nc(C#N)c(N/N=C/c2cc(OC)c(OC)c(OC)c2)o1. The molecule has 1 aromatic heterocycles. The molecule has 0 radical (unpaired) electrons. The summed E-state index contributed by atoms with van der Waals surface area (Å²) in [5.74, 6) is 2.48. The van der Waals surface area contributed by atoms with Crippen molar-refractivity contribution in [3.8, 4) is 23.3 Å². The number of hydrogen-bond acceptors (Lipinski definition) is 8. The maximum Gasteiger partial charge on any atom is 0.252 e. The molecule has 144 valence electrons. The van der Waals surface area contributed by atoms with E-state index in [0.29, 0.717) is 23.1 Å². The van der Waals surface area contributed by atoms with Gasteiger partial charge < -0.3 is 18.6 Å². The van der Waals surface area contributed by atoms with Gasteiger partial charge in [0.05, 0.1) is 27.5 Å². The second-order valence-electron chi connectivity index (χ2n) is 5.68. The Morgan fingerprint density at radius 1 is 1.19 bits per heavy atom. The molecule has 8 heteroatoms. The number of oxazole rings is 1. The molecule has 0 fully saturated rings. The quantitative estimate of drug-likeness (QED) is 0.526. The molecule has 1 heterocycles. The third-order valence-electron chi connectivity index (χ3n) is 4.15. The highest BCUT2D eigenvalue weighted by molar-refractivity contribution is 5.83. The first-order valence-corrected chi connectivity index (χ1v) is 8.61. The molecule has 27 heavy (non-hydrogen) atoms. The fourth-order valence-corrected chi connectivity index (χ4v) is 2.64. The van der Waals surface area contributed by atoms with Gasteiger partial charge in [0, 0.05) is 11.5 Å². The first kappa shape index (κ1) is 20.1. The largest absolute Gasteiger partial charge is 0.493 e. The normalized spacial score (nSPS) is 10.9. The summed E-state index contributed by atoms with van der Waals surface area (Å²) < 4.78 is 21.6. The zero-order valence-corrected chi connectivity index (χ0v) is 16.2. The van der Waals surface area contributed by atoms with E-state index in [4.69, 9.17) is 18.6 Å². The highest BCUT2D eigenvalue weighted by atomic mass is 16.5. The Bertz CT molecular complexity index is 810. The lowest BCUT2D eigenvalue weighted by atomic mass is 10.0. The van der Waals surface area contributed by atoms with Crippen molar-refractivity contribution in [2.75, 3.05) is 26.8 Å². The lowest BCUT2D eigenvalue weighted by Gasteiger charge is -2.12. The van der Waals surface area contributed by atoms with Crippen LogP contribution in [0.25, 0.3) is 0 Å². The fraction of sp³-hybridized carbons (Fsp3) is 0.421. The number of benzene rings is 1. The lowest BCUT2D eigenvalue weighted by Crippen LogP contribution is -1.97. The van der Waals surface area contributed by atoms with Gasteiger partial charge in [0.1, 0.15) is 6.07 Å². The minimum Gasteiger partial charge on any atom is -0.493 e. The number of rotatable bonds is 9. The second kappa shape index (κ2) is 9.48. The molecule has 0 aliphatic heterocycles. The second-order valence-corrected chi connectivity index (χ2v) is 5.68. The van der Waals surface area contributed by atoms with Crippen LogP contribution >= 0.6 is 0 Å². The molecule has 0 bridgehead atoms. The fourth-order valence-electron chi connectivity index (χ4n) is 2.64. The Morgan fingerprint density at radius 2 is 1.81 bits per heavy atom. The molecule has 0 saturated carbocycles. The average molecular weight is 372 g/mol. The van der Waals surface area contributed by atoms with E-state index in [0.717, 1.165) is 18.4 Å². The average Bonchev–Trinajstić information content (AvgIpc) is 3.10. The van der Waals surface area contributed by atoms with E-state index in [1.807, 2.05) is 6.07 Å². The van der Waals surface area contributed by atoms with Crippen LogP contribution in [0.15, 0.2) is 21.7 Å². The van der Waals surface area contributed by atoms with E-state index in [1.54, 1.807) is 39.7 Å². The summed E-state index contributed by atoms with van der Waals surface area (Å²) in [7, 11) is 4.63. The van der Waals surface area contributed by atoms with Gasteiger partial charge in [-0.3, -0.25) is 0 Å². The van der Waals surface area contributed by atoms with Gasteiger partial charge in [-0.25, -0.2) is 10.4 Å². The summed E-state index contributed by atoms with van der Waals surface area (Å²) >= 11 is 0. The zero-order chi connectivity index (χ0) is 19.8. The molecule has 0 aliphatic carbocycles. The molecule has 0 spiro atoms. The van der Waals surface area contributed by atoms with E-state index < -0.39 is 0 Å². The van der Waals surface area contributed by atoms with Crippen molar-refractivity contribution < 1.29 is 18.6 Å². The minimum atomic E-state index is 0.173. The van der Waals surface area contributed by atoms with Crippen LogP contribution in [-0.2, 0) is 0 Å². The van der Waals surface area contributed by atoms with Crippen molar-refractivity contribution in [1.82, 2.24) is 4.98 Å². The Kier molecular flexibility index (Phi) is 7.06. The smallest absolute Gasteiger partial charge is 0.252 e. The lowest BCUT2D eigenvalue weighted by molar-refractivity contribution is 0.324. The van der Waals surface area contributed by atoms with Gasteiger partial charge in [0.15, 0.2) is 11.5 Å². The van der Waals surface area contributed by atoms with Crippen LogP contribution in [0.3, 0.4) is 0 Å². The Labute approximate surface area is 158 Å². The van der Waals surface area contributed by atoms with Gasteiger partial charge in [-0.05, 0) is 25.0 Å². The number of hydrogen-bond donors (Lipinski definition) is 1. The summed E-state index contributed by atoms with van der Waals surface area (Å²) in [6, 6.07) is 5.54. The van der Waals surface area contributed by atoms with Crippen molar-refractivity contribution in [2.24, 2.45) is 5.10 Å². The first-order chi connectivity index (χ1) is 13.1. The van der Waals surface area contributed by atoms with Crippen molar-refractivity contribution in [3.05, 3.63) is 29.3 Å². The van der Waals surface area contributed by atoms with E-state index in [2.05, 4.69) is 29.4 Å². The van der Waals surface area contributed by atoms with Crippen LogP contribution in [0.5, 0.6) is 17.2 Å². The number of nitrogens with one attached hydrogen (secondary N) is 1. The third kappa shape index (κ3) is 4.50. The number of methoxy groups -OCH3 is 3. The van der Waals surface area contributed by atoms with Crippen molar-refractivity contribution in [1.29, 1.82) is 5.26 Å². The highest BCUT2D eigenvalue weighted by Crippen LogP contribution is 2.37. The van der Waals surface area contributed by atoms with Gasteiger partial charge in [-0.1, -0.05) is 13.8 Å². The van der Waals surface area contributed by atoms with Gasteiger partial charge in [-0.2, -0.15) is 10.4 Å². The van der Waals surface area contributed by atoms with Crippen molar-refractivity contribution in [3.63, 3.8) is 0 Å². The van der Waals surface area contributed by atoms with Crippen LogP contribution in [-0.4, -0.2) is 32.5 Å². The summed E-state index contributed by atoms with van der Waals surface area (Å²) in [4.78, 5) is 4.25. The maximum absolute atomic E-state index is 9.26. The Balaban J connectivity index is 2.24. The number of nitriles is 1. The standard InChI is InChI=1S/C19H24N4O4/c1-6-13(7-2)18-22-14(10-20)19(27-18)23-21-11-12-8-15(24-3)17(26-5)16(9-12)25-4/h8-9,11,13,23H,6-7H2,1-5H3/b21-11+. The predicted octanol–water partition coefficient (Wildman–Crippen LogP) is 3.92. The minimum absolute atomic E-state index is 0.173. The molecule has 2 rings (SSSR count). The molecular weight excluding hydrogens is 348 g/mol. The number of aromatic nitrogens is 1. The summed E-state index contributed by atoms with van der Waals surface area (Å²) in [5, 5.41) is 13.4. The summed E-state index contributed by atoms with van der Waals surface area (Å²) in [6.07, 6.45) is 3.33. The molecule has 0 amide bonds. The Morgan fingerprint density at radius 3 is 2.30 bits per heavy atom. The molecular formula is C19H24N4O4. The van der Waals surface area contributed by atoms with E-state index in [9.17, 15) is 5.26 Å². The van der Waals surface area contributed by atoms with Crippen LogP contribution in [0, 0.1) is 11.3 Å². The zero-order valence-electron chi connectivity index (χ0n) is 16.2. The predicted molar refractivity (Wildman–Crippen MR) is 102 cm³/mol. The van der Waals surface area contributed by atoms with E-state index in [1.165, 1.54) is 0 Å². The van der Waals surface area contributed by atoms with Gasteiger partial charge in [0.25, 0.3) is 5.88 Å². The first-order valence-electron chi connectivity index (χ1n) is 8.61. The topological polar surface area (TPSA) is 102 Å². The molecule has 0 aliphatic rings. The highest BCUT2D eigenvalue weighted by Gasteiger charge is 2.18. The molecule has 0 saturated heterocycles. The van der Waals surface area contributed by atoms with E-state index >= 15 is 0 Å². The molecule has 8 nitrogen and oxygen atoms in total. The van der Waals surface area contributed by atoms with Crippen LogP contribution in [0.4, 0.5) is 5.88 Å². The monoisotopic (exact) mass is 372 g/mol. The number of nitrogens with zero attached hydrogens (tertiary/aromatic N) is 3. The van der Waals surface area contributed by atoms with Gasteiger partial charge >= 0.3 is 0 Å². The Hall–Kier alpha value is -3.21. The van der Waals surface area contributed by atoms with Crippen molar-refractivity contribution in [2.45, 2.75) is 32.6 Å². The van der Waals surface area contributed by atoms with Crippen LogP contribution < -0.4 is 19.6 Å². The van der Waals surface area contributed by atoms with Crippen molar-refractivity contribution >= 4 is 12.1 Å². The molecule has 0 atom stereocenters.